The van der Waals surface area contributed by atoms with Gasteiger partial charge < -0.3 is 9.13 Å². The summed E-state index contributed by atoms with van der Waals surface area (Å²) in [5.74, 6) is 0. The molecule has 6 aromatic carbocycles. The quantitative estimate of drug-likeness (QED) is 0.0834. The molecule has 0 amide bonds. The Morgan fingerprint density at radius 1 is 0.296 bits per heavy atom. The van der Waals surface area contributed by atoms with Gasteiger partial charge in [0.1, 0.15) is 0 Å². The van der Waals surface area contributed by atoms with Crippen molar-refractivity contribution in [3.05, 3.63) is 133 Å². The lowest BCUT2D eigenvalue weighted by Crippen LogP contribution is -1.98. The molecule has 2 heterocycles. The Hall–Kier alpha value is -5.08. The molecule has 0 bridgehead atoms. The van der Waals surface area contributed by atoms with Gasteiger partial charge in [0.2, 0.25) is 0 Å². The summed E-state index contributed by atoms with van der Waals surface area (Å²) < 4.78 is 5.18. The van der Waals surface area contributed by atoms with Crippen LogP contribution >= 0.6 is 0 Å². The smallest absolute Gasteiger partial charge is 0.0491 e. The maximum Gasteiger partial charge on any atom is 0.0491 e. The van der Waals surface area contributed by atoms with Crippen LogP contribution in [0.1, 0.15) is 90.9 Å². The van der Waals surface area contributed by atoms with Crippen molar-refractivity contribution in [2.24, 2.45) is 0 Å². The van der Waals surface area contributed by atoms with E-state index in [1.807, 2.05) is 0 Å². The summed E-state index contributed by atoms with van der Waals surface area (Å²) in [6.45, 7) is 6.71. The first-order valence-corrected chi connectivity index (χ1v) is 21.0. The zero-order chi connectivity index (χ0) is 36.7. The number of rotatable bonds is 17. The van der Waals surface area contributed by atoms with Crippen molar-refractivity contribution in [1.82, 2.24) is 9.13 Å². The lowest BCUT2D eigenvalue weighted by Gasteiger charge is -2.09. The van der Waals surface area contributed by atoms with Gasteiger partial charge in [-0.25, -0.2) is 0 Å². The number of nitrogens with zero attached hydrogens (tertiary/aromatic N) is 2. The summed E-state index contributed by atoms with van der Waals surface area (Å²) in [7, 11) is 0. The van der Waals surface area contributed by atoms with Crippen LogP contribution in [0, 0.1) is 0 Å². The molecule has 2 nitrogen and oxygen atoms in total. The molecule has 0 aliphatic heterocycles. The third-order valence-electron chi connectivity index (χ3n) is 11.7. The lowest BCUT2D eigenvalue weighted by molar-refractivity contribution is 0.571. The van der Waals surface area contributed by atoms with Crippen LogP contribution in [-0.2, 0) is 13.1 Å². The molecule has 0 saturated heterocycles. The summed E-state index contributed by atoms with van der Waals surface area (Å²) in [4.78, 5) is 0. The zero-order valence-corrected chi connectivity index (χ0v) is 32.5. The number of hydrogen-bond acceptors (Lipinski definition) is 0. The van der Waals surface area contributed by atoms with E-state index in [0.717, 1.165) is 13.1 Å². The molecule has 8 rings (SSSR count). The first-order valence-electron chi connectivity index (χ1n) is 21.0. The number of fused-ring (bicyclic) bond motifs is 6. The molecular weight excluding hydrogens is 653 g/mol. The largest absolute Gasteiger partial charge is 0.340 e. The molecule has 2 aromatic heterocycles. The summed E-state index contributed by atoms with van der Waals surface area (Å²) in [6, 6.07) is 50.3. The second-order valence-electron chi connectivity index (χ2n) is 15.5. The number of aryl methyl sites for hydroxylation is 2. The molecule has 0 spiro atoms. The first-order chi connectivity index (χ1) is 26.7. The van der Waals surface area contributed by atoms with E-state index in [4.69, 9.17) is 0 Å². The SMILES string of the molecule is CCCCCCCCn1c2ccc(-c3ccccc3)cc2c2cc(-c3ccc4c(c3)c3cc(-c5ccccc5)ccc3n4CCCCCCCC)ccc21. The van der Waals surface area contributed by atoms with E-state index in [-0.39, 0.29) is 0 Å². The average molecular weight is 709 g/mol. The van der Waals surface area contributed by atoms with Crippen molar-refractivity contribution in [2.75, 3.05) is 0 Å². The van der Waals surface area contributed by atoms with Crippen LogP contribution in [0.2, 0.25) is 0 Å². The van der Waals surface area contributed by atoms with E-state index in [0.29, 0.717) is 0 Å². The number of unbranched alkanes of at least 4 members (excludes halogenated alkanes) is 10. The Balaban J connectivity index is 1.20. The van der Waals surface area contributed by atoms with Gasteiger partial charge in [0.05, 0.1) is 0 Å². The Labute approximate surface area is 322 Å². The maximum absolute atomic E-state index is 2.59. The van der Waals surface area contributed by atoms with E-state index >= 15 is 0 Å². The van der Waals surface area contributed by atoms with E-state index in [1.54, 1.807) is 0 Å². The van der Waals surface area contributed by atoms with Crippen LogP contribution in [0.4, 0.5) is 0 Å². The highest BCUT2D eigenvalue weighted by Crippen LogP contribution is 2.39. The fraction of sp³-hybridized carbons (Fsp3) is 0.308. The Morgan fingerprint density at radius 2 is 0.593 bits per heavy atom. The number of benzene rings is 6. The molecule has 0 aliphatic carbocycles. The van der Waals surface area contributed by atoms with Crippen LogP contribution in [0.3, 0.4) is 0 Å². The minimum absolute atomic E-state index is 1.06. The highest BCUT2D eigenvalue weighted by atomic mass is 15.0. The molecule has 0 aliphatic rings. The summed E-state index contributed by atoms with van der Waals surface area (Å²) in [5.41, 5.74) is 13.0. The van der Waals surface area contributed by atoms with Crippen LogP contribution in [0.15, 0.2) is 133 Å². The van der Waals surface area contributed by atoms with Gasteiger partial charge >= 0.3 is 0 Å². The van der Waals surface area contributed by atoms with Gasteiger partial charge in [-0.1, -0.05) is 163 Å². The van der Waals surface area contributed by atoms with E-state index in [1.165, 1.54) is 154 Å². The number of aromatic nitrogens is 2. The fourth-order valence-electron chi connectivity index (χ4n) is 8.77. The average Bonchev–Trinajstić information content (AvgIpc) is 3.71. The monoisotopic (exact) mass is 708 g/mol. The van der Waals surface area contributed by atoms with Gasteiger partial charge in [0.15, 0.2) is 0 Å². The minimum Gasteiger partial charge on any atom is -0.340 e. The summed E-state index contributed by atoms with van der Waals surface area (Å²) in [6.07, 6.45) is 15.7. The molecule has 0 saturated carbocycles. The van der Waals surface area contributed by atoms with Crippen molar-refractivity contribution in [2.45, 2.75) is 104 Å². The lowest BCUT2D eigenvalue weighted by atomic mass is 9.98. The normalized spacial score (nSPS) is 11.8. The molecule has 8 aromatic rings. The van der Waals surface area contributed by atoms with E-state index < -0.39 is 0 Å². The molecule has 2 heteroatoms. The predicted molar refractivity (Wildman–Crippen MR) is 236 cm³/mol. The molecule has 274 valence electrons. The zero-order valence-electron chi connectivity index (χ0n) is 32.5. The van der Waals surface area contributed by atoms with Crippen molar-refractivity contribution in [3.8, 4) is 33.4 Å². The summed E-state index contributed by atoms with van der Waals surface area (Å²) >= 11 is 0. The van der Waals surface area contributed by atoms with Gasteiger partial charge in [-0.3, -0.25) is 0 Å². The fourth-order valence-corrected chi connectivity index (χ4v) is 8.77. The second-order valence-corrected chi connectivity index (χ2v) is 15.5. The maximum atomic E-state index is 2.59. The van der Waals surface area contributed by atoms with Gasteiger partial charge in [-0.15, -0.1) is 0 Å². The van der Waals surface area contributed by atoms with E-state index in [9.17, 15) is 0 Å². The van der Waals surface area contributed by atoms with E-state index in [2.05, 4.69) is 156 Å². The first kappa shape index (κ1) is 35.9. The van der Waals surface area contributed by atoms with Gasteiger partial charge in [-0.05, 0) is 94.8 Å². The molecular formula is C52H56N2. The molecule has 0 atom stereocenters. The molecule has 0 fully saturated rings. The molecule has 0 radical (unpaired) electrons. The van der Waals surface area contributed by atoms with Crippen molar-refractivity contribution in [3.63, 3.8) is 0 Å². The third-order valence-corrected chi connectivity index (χ3v) is 11.7. The van der Waals surface area contributed by atoms with Gasteiger partial charge in [0.25, 0.3) is 0 Å². The highest BCUT2D eigenvalue weighted by molar-refractivity contribution is 6.12. The highest BCUT2D eigenvalue weighted by Gasteiger charge is 2.16. The Kier molecular flexibility index (Phi) is 11.3. The van der Waals surface area contributed by atoms with Gasteiger partial charge in [-0.2, -0.15) is 0 Å². The Bertz CT molecular complexity index is 2290. The number of hydrogen-bond donors (Lipinski definition) is 0. The van der Waals surface area contributed by atoms with Crippen LogP contribution in [-0.4, -0.2) is 9.13 Å². The molecule has 54 heavy (non-hydrogen) atoms. The van der Waals surface area contributed by atoms with Crippen molar-refractivity contribution < 1.29 is 0 Å². The van der Waals surface area contributed by atoms with Crippen LogP contribution < -0.4 is 0 Å². The third kappa shape index (κ3) is 7.49. The van der Waals surface area contributed by atoms with Crippen LogP contribution in [0.5, 0.6) is 0 Å². The van der Waals surface area contributed by atoms with Crippen molar-refractivity contribution >= 4 is 43.6 Å². The standard InChI is InChI=1S/C52H56N2/c1-3-5-7-9-11-19-33-53-49-29-25-41(39-21-15-13-16-22-39)35-45(49)47-37-43(27-31-51(47)53)44-28-32-52-48(38-44)46-36-42(40-23-17-14-18-24-40)26-30-50(46)54(52)34-20-12-10-8-6-4-2/h13-18,21-32,35-38H,3-12,19-20,33-34H2,1-2H3. The molecule has 0 unspecified atom stereocenters. The molecule has 0 N–H and O–H groups in total. The minimum atomic E-state index is 1.06. The summed E-state index contributed by atoms with van der Waals surface area (Å²) in [5, 5.41) is 5.40. The van der Waals surface area contributed by atoms with Gasteiger partial charge in [0, 0.05) is 56.7 Å². The topological polar surface area (TPSA) is 9.86 Å². The van der Waals surface area contributed by atoms with Crippen molar-refractivity contribution in [1.29, 1.82) is 0 Å². The van der Waals surface area contributed by atoms with Crippen LogP contribution in [0.25, 0.3) is 77.0 Å². The Morgan fingerprint density at radius 3 is 0.926 bits per heavy atom. The predicted octanol–water partition coefficient (Wildman–Crippen LogP) is 15.6. The second kappa shape index (κ2) is 16.9.